The van der Waals surface area contributed by atoms with Crippen LogP contribution in [-0.4, -0.2) is 30.9 Å². The van der Waals surface area contributed by atoms with Gasteiger partial charge in [0.05, 0.1) is 11.7 Å². The zero-order valence-corrected chi connectivity index (χ0v) is 16.3. The van der Waals surface area contributed by atoms with Gasteiger partial charge in [-0.1, -0.05) is 30.3 Å². The topological polar surface area (TPSA) is 85.6 Å². The molecule has 7 nitrogen and oxygen atoms in total. The second-order valence-electron chi connectivity index (χ2n) is 6.38. The highest BCUT2D eigenvalue weighted by Gasteiger charge is 2.10. The van der Waals surface area contributed by atoms with E-state index in [1.807, 2.05) is 55.5 Å². The lowest BCUT2D eigenvalue weighted by molar-refractivity contribution is -0.116. The predicted molar refractivity (Wildman–Crippen MR) is 108 cm³/mol. The molecule has 140 valence electrons. The summed E-state index contributed by atoms with van der Waals surface area (Å²) >= 11 is 1.41. The smallest absolute Gasteiger partial charge is 0.215 e. The summed E-state index contributed by atoms with van der Waals surface area (Å²) in [5.74, 6) is 0.743. The van der Waals surface area contributed by atoms with E-state index in [1.54, 1.807) is 17.9 Å². The molecule has 1 N–H and O–H groups in total. The molecule has 4 rings (SSSR count). The van der Waals surface area contributed by atoms with Crippen molar-refractivity contribution >= 4 is 34.3 Å². The molecule has 0 spiro atoms. The van der Waals surface area contributed by atoms with Crippen LogP contribution in [0.15, 0.2) is 64.8 Å². The van der Waals surface area contributed by atoms with Crippen molar-refractivity contribution in [3.05, 3.63) is 66.0 Å². The van der Waals surface area contributed by atoms with Gasteiger partial charge in [0.2, 0.25) is 5.16 Å². The number of carbonyl (C=O) groups excluding carboxylic acids is 1. The second kappa shape index (κ2) is 7.77. The summed E-state index contributed by atoms with van der Waals surface area (Å²) < 4.78 is 0. The van der Waals surface area contributed by atoms with Crippen LogP contribution in [0, 0.1) is 6.92 Å². The van der Waals surface area contributed by atoms with Crippen molar-refractivity contribution in [2.75, 3.05) is 5.43 Å². The minimum Gasteiger partial charge on any atom is -0.300 e. The van der Waals surface area contributed by atoms with Crippen LogP contribution >= 0.6 is 11.8 Å². The third-order valence-electron chi connectivity index (χ3n) is 4.11. The van der Waals surface area contributed by atoms with E-state index in [4.69, 9.17) is 0 Å². The number of hydrogen-bond acceptors (Lipinski definition) is 7. The van der Waals surface area contributed by atoms with Crippen LogP contribution in [-0.2, 0) is 11.2 Å². The quantitative estimate of drug-likeness (QED) is 0.537. The van der Waals surface area contributed by atoms with Crippen LogP contribution in [0.1, 0.15) is 18.2 Å². The molecule has 0 bridgehead atoms. The molecule has 2 aromatic carbocycles. The summed E-state index contributed by atoms with van der Waals surface area (Å²) in [6.45, 7) is 3.44. The Morgan fingerprint density at radius 2 is 1.89 bits per heavy atom. The van der Waals surface area contributed by atoms with Crippen molar-refractivity contribution in [2.24, 2.45) is 0 Å². The van der Waals surface area contributed by atoms with Gasteiger partial charge in [0.25, 0.3) is 0 Å². The number of benzene rings is 2. The average Bonchev–Trinajstić information content (AvgIpc) is 3.09. The molecule has 0 unspecified atom stereocenters. The molecule has 0 amide bonds. The highest BCUT2D eigenvalue weighted by molar-refractivity contribution is 7.99. The largest absolute Gasteiger partial charge is 0.300 e. The molecule has 0 radical (unpaired) electrons. The molecular formula is C20H18N6OS. The molecule has 0 aliphatic carbocycles. The van der Waals surface area contributed by atoms with Gasteiger partial charge in [0.1, 0.15) is 11.5 Å². The van der Waals surface area contributed by atoms with E-state index in [9.17, 15) is 4.79 Å². The fraction of sp³-hybridized carbons (Fsp3) is 0.150. The second-order valence-corrected chi connectivity index (χ2v) is 7.42. The normalized spacial score (nSPS) is 10.9. The van der Waals surface area contributed by atoms with Crippen molar-refractivity contribution in [3.63, 3.8) is 0 Å². The number of nitrogens with zero attached hydrogens (tertiary/aromatic N) is 5. The lowest BCUT2D eigenvalue weighted by Gasteiger charge is -2.09. The van der Waals surface area contributed by atoms with Crippen LogP contribution in [0.25, 0.3) is 10.9 Å². The summed E-state index contributed by atoms with van der Waals surface area (Å²) in [6, 6.07) is 15.7. The Kier molecular flexibility index (Phi) is 5.03. The number of fused-ring (bicyclic) bond motifs is 1. The standard InChI is InChI=1S/C20H18N6OS/c1-13(27)11-15-7-9-17(10-8-15)28-20-22-19(14(2)23-24-20)25-26-18-6-4-3-5-16(18)12-21-26/h3-10,12H,11H2,1-2H3,(H,22,24,25). The summed E-state index contributed by atoms with van der Waals surface area (Å²) in [6.07, 6.45) is 2.24. The first-order valence-corrected chi connectivity index (χ1v) is 9.57. The Morgan fingerprint density at radius 3 is 2.68 bits per heavy atom. The third-order valence-corrected chi connectivity index (χ3v) is 4.97. The van der Waals surface area contributed by atoms with Crippen LogP contribution in [0.2, 0.25) is 0 Å². The van der Waals surface area contributed by atoms with Crippen LogP contribution in [0.3, 0.4) is 0 Å². The van der Waals surface area contributed by atoms with Gasteiger partial charge in [0, 0.05) is 16.7 Å². The maximum Gasteiger partial charge on any atom is 0.215 e. The first-order valence-electron chi connectivity index (χ1n) is 8.76. The number of carbonyl (C=O) groups is 1. The third kappa shape index (κ3) is 4.01. The Bertz CT molecular complexity index is 1140. The number of rotatable bonds is 6. The van der Waals surface area contributed by atoms with E-state index in [2.05, 4.69) is 25.7 Å². The lowest BCUT2D eigenvalue weighted by atomic mass is 10.1. The molecule has 0 aliphatic heterocycles. The molecule has 0 saturated heterocycles. The summed E-state index contributed by atoms with van der Waals surface area (Å²) in [4.78, 5) is 18.5. The van der Waals surface area contributed by atoms with E-state index in [-0.39, 0.29) is 5.78 Å². The van der Waals surface area contributed by atoms with E-state index in [0.717, 1.165) is 21.4 Å². The summed E-state index contributed by atoms with van der Waals surface area (Å²) in [5.41, 5.74) is 5.82. The maximum atomic E-state index is 11.2. The number of hydrogen-bond donors (Lipinski definition) is 1. The highest BCUT2D eigenvalue weighted by Crippen LogP contribution is 2.26. The number of Topliss-reactive ketones (excluding diaryl/α,β-unsaturated/α-hetero) is 1. The van der Waals surface area contributed by atoms with Gasteiger partial charge >= 0.3 is 0 Å². The monoisotopic (exact) mass is 390 g/mol. The SMILES string of the molecule is CC(=O)Cc1ccc(Sc2nnc(C)c(Nn3ncc4ccccc43)n2)cc1. The Morgan fingerprint density at radius 1 is 1.11 bits per heavy atom. The molecule has 28 heavy (non-hydrogen) atoms. The van der Waals surface area contributed by atoms with E-state index in [1.165, 1.54) is 11.8 Å². The van der Waals surface area contributed by atoms with E-state index >= 15 is 0 Å². The molecule has 2 heterocycles. The first-order chi connectivity index (χ1) is 13.6. The van der Waals surface area contributed by atoms with Crippen molar-refractivity contribution in [1.82, 2.24) is 25.1 Å². The van der Waals surface area contributed by atoms with Crippen molar-refractivity contribution < 1.29 is 4.79 Å². The summed E-state index contributed by atoms with van der Waals surface area (Å²) in [7, 11) is 0. The molecular weight excluding hydrogens is 372 g/mol. The van der Waals surface area contributed by atoms with Gasteiger partial charge in [-0.25, -0.2) is 0 Å². The van der Waals surface area contributed by atoms with Crippen LogP contribution in [0.4, 0.5) is 5.82 Å². The fourth-order valence-electron chi connectivity index (χ4n) is 2.74. The van der Waals surface area contributed by atoms with Gasteiger partial charge in [-0.15, -0.1) is 10.2 Å². The number of nitrogens with one attached hydrogen (secondary N) is 1. The lowest BCUT2D eigenvalue weighted by Crippen LogP contribution is -2.14. The van der Waals surface area contributed by atoms with Crippen LogP contribution < -0.4 is 5.43 Å². The number of ketones is 1. The minimum absolute atomic E-state index is 0.147. The van der Waals surface area contributed by atoms with E-state index in [0.29, 0.717) is 23.1 Å². The van der Waals surface area contributed by atoms with Crippen molar-refractivity contribution in [3.8, 4) is 0 Å². The number of aryl methyl sites for hydroxylation is 1. The van der Waals surface area contributed by atoms with Gasteiger partial charge in [-0.3, -0.25) is 10.2 Å². The molecule has 8 heteroatoms. The predicted octanol–water partition coefficient (Wildman–Crippen LogP) is 3.69. The summed E-state index contributed by atoms with van der Waals surface area (Å²) in [5, 5.41) is 14.3. The van der Waals surface area contributed by atoms with Crippen molar-refractivity contribution in [1.29, 1.82) is 0 Å². The van der Waals surface area contributed by atoms with Crippen LogP contribution in [0.5, 0.6) is 0 Å². The Hall–Kier alpha value is -3.26. The van der Waals surface area contributed by atoms with Gasteiger partial charge in [-0.05, 0) is 49.4 Å². The molecule has 4 aromatic rings. The van der Waals surface area contributed by atoms with Gasteiger partial charge < -0.3 is 0 Å². The molecule has 2 aromatic heterocycles. The van der Waals surface area contributed by atoms with Crippen molar-refractivity contribution in [2.45, 2.75) is 30.3 Å². The zero-order chi connectivity index (χ0) is 19.5. The van der Waals surface area contributed by atoms with Gasteiger partial charge in [-0.2, -0.15) is 14.9 Å². The molecule has 0 saturated carbocycles. The minimum atomic E-state index is 0.147. The number of aromatic nitrogens is 5. The van der Waals surface area contributed by atoms with E-state index < -0.39 is 0 Å². The Balaban J connectivity index is 1.54. The maximum absolute atomic E-state index is 11.2. The molecule has 0 aliphatic rings. The fourth-order valence-corrected chi connectivity index (χ4v) is 3.44. The Labute approximate surface area is 166 Å². The van der Waals surface area contributed by atoms with Gasteiger partial charge in [0.15, 0.2) is 5.82 Å². The first kappa shape index (κ1) is 18.1. The molecule has 0 fully saturated rings. The highest BCUT2D eigenvalue weighted by atomic mass is 32.2. The zero-order valence-electron chi connectivity index (χ0n) is 15.5. The average molecular weight is 390 g/mol. The number of para-hydroxylation sites is 1. The molecule has 0 atom stereocenters. The number of anilines is 1.